The first-order valence-electron chi connectivity index (χ1n) is 12.9. The highest BCUT2D eigenvalue weighted by Gasteiger charge is 2.42. The molecule has 36 heavy (non-hydrogen) atoms. The van der Waals surface area contributed by atoms with Gasteiger partial charge in [-0.15, -0.1) is 0 Å². The number of rotatable bonds is 11. The van der Waals surface area contributed by atoms with Crippen LogP contribution >= 0.6 is 0 Å². The van der Waals surface area contributed by atoms with Crippen molar-refractivity contribution in [2.45, 2.75) is 63.5 Å². The number of ether oxygens (including phenoxy) is 4. The Morgan fingerprint density at radius 2 is 1.06 bits per heavy atom. The zero-order valence-corrected chi connectivity index (χ0v) is 21.1. The first kappa shape index (κ1) is 26.5. The second kappa shape index (κ2) is 14.3. The van der Waals surface area contributed by atoms with E-state index in [-0.39, 0.29) is 30.8 Å². The van der Waals surface area contributed by atoms with Gasteiger partial charge >= 0.3 is 0 Å². The molecule has 0 saturated heterocycles. The van der Waals surface area contributed by atoms with Crippen molar-refractivity contribution < 1.29 is 24.1 Å². The summed E-state index contributed by atoms with van der Waals surface area (Å²) in [4.78, 5) is 0. The minimum Gasteiger partial charge on any atom is -0.396 e. The Bertz CT molecular complexity index is 922. The fourth-order valence-corrected chi connectivity index (χ4v) is 4.95. The summed E-state index contributed by atoms with van der Waals surface area (Å²) in [6.07, 6.45) is 1.34. The van der Waals surface area contributed by atoms with Crippen LogP contribution in [-0.4, -0.2) is 43.2 Å². The Kier molecular flexibility index (Phi) is 10.5. The van der Waals surface area contributed by atoms with Crippen LogP contribution < -0.4 is 0 Å². The van der Waals surface area contributed by atoms with Gasteiger partial charge in [-0.1, -0.05) is 97.4 Å². The maximum Gasteiger partial charge on any atom is 0.113 e. The molecule has 1 aliphatic rings. The maximum absolute atomic E-state index is 10.4. The normalized spacial score (nSPS) is 24.7. The molecule has 1 N–H and O–H groups in total. The summed E-state index contributed by atoms with van der Waals surface area (Å²) in [6.45, 7) is 1.35. The smallest absolute Gasteiger partial charge is 0.113 e. The first-order chi connectivity index (χ1) is 17.8. The van der Waals surface area contributed by atoms with E-state index in [2.05, 4.69) is 36.4 Å². The standard InChI is InChI=1S/C31H38O5/c1-33-28-19-11-18-27(20-32)29(34-21-24-12-5-2-6-13-24)31(36-23-26-16-9-4-10-17-26)30(28)35-22-25-14-7-3-8-15-25/h2-10,12-17,27-32H,11,18-23H2,1H3/t27-,28-,29-,30+,31+/m0/s1. The van der Waals surface area contributed by atoms with Crippen LogP contribution in [0.1, 0.15) is 36.0 Å². The van der Waals surface area contributed by atoms with Crippen LogP contribution in [-0.2, 0) is 38.8 Å². The zero-order valence-electron chi connectivity index (χ0n) is 21.1. The molecule has 1 saturated carbocycles. The maximum atomic E-state index is 10.4. The van der Waals surface area contributed by atoms with Gasteiger partial charge in [0.05, 0.1) is 32.0 Å². The van der Waals surface area contributed by atoms with Gasteiger partial charge in [0.15, 0.2) is 0 Å². The summed E-state index contributed by atoms with van der Waals surface area (Å²) in [5.41, 5.74) is 3.26. The molecule has 192 valence electrons. The van der Waals surface area contributed by atoms with E-state index < -0.39 is 6.10 Å². The summed E-state index contributed by atoms with van der Waals surface area (Å²) < 4.78 is 25.7. The van der Waals surface area contributed by atoms with Gasteiger partial charge in [-0.05, 0) is 29.5 Å². The van der Waals surface area contributed by atoms with Crippen molar-refractivity contribution >= 4 is 0 Å². The largest absolute Gasteiger partial charge is 0.396 e. The average Bonchev–Trinajstić information content (AvgIpc) is 2.93. The molecule has 0 unspecified atom stereocenters. The number of benzene rings is 3. The predicted octanol–water partition coefficient (Wildman–Crippen LogP) is 5.55. The van der Waals surface area contributed by atoms with Crippen LogP contribution in [0.4, 0.5) is 0 Å². The van der Waals surface area contributed by atoms with Crippen molar-refractivity contribution in [3.63, 3.8) is 0 Å². The predicted molar refractivity (Wildman–Crippen MR) is 140 cm³/mol. The van der Waals surface area contributed by atoms with Crippen LogP contribution in [0.2, 0.25) is 0 Å². The first-order valence-corrected chi connectivity index (χ1v) is 12.9. The highest BCUT2D eigenvalue weighted by atomic mass is 16.6. The molecule has 0 aliphatic heterocycles. The van der Waals surface area contributed by atoms with Gasteiger partial charge in [0.1, 0.15) is 12.2 Å². The Balaban J connectivity index is 1.62. The summed E-state index contributed by atoms with van der Waals surface area (Å²) >= 11 is 0. The van der Waals surface area contributed by atoms with Crippen LogP contribution in [0.5, 0.6) is 0 Å². The molecule has 5 heteroatoms. The lowest BCUT2D eigenvalue weighted by atomic mass is 9.84. The fraction of sp³-hybridized carbons (Fsp3) is 0.419. The molecule has 0 aromatic heterocycles. The fourth-order valence-electron chi connectivity index (χ4n) is 4.95. The number of aliphatic hydroxyl groups is 1. The van der Waals surface area contributed by atoms with Gasteiger partial charge in [0.25, 0.3) is 0 Å². The van der Waals surface area contributed by atoms with E-state index in [0.29, 0.717) is 19.8 Å². The van der Waals surface area contributed by atoms with Crippen molar-refractivity contribution in [1.29, 1.82) is 0 Å². The Hall–Kier alpha value is -2.54. The minimum absolute atomic E-state index is 0.0354. The molecule has 0 spiro atoms. The van der Waals surface area contributed by atoms with E-state index in [1.165, 1.54) is 0 Å². The Morgan fingerprint density at radius 1 is 0.611 bits per heavy atom. The quantitative estimate of drug-likeness (QED) is 0.382. The van der Waals surface area contributed by atoms with E-state index >= 15 is 0 Å². The average molecular weight is 491 g/mol. The number of hydrogen-bond acceptors (Lipinski definition) is 5. The van der Waals surface area contributed by atoms with E-state index in [9.17, 15) is 5.11 Å². The molecule has 5 atom stereocenters. The lowest BCUT2D eigenvalue weighted by Crippen LogP contribution is -2.53. The molecule has 3 aromatic rings. The zero-order chi connectivity index (χ0) is 25.0. The third-order valence-corrected chi connectivity index (χ3v) is 6.94. The topological polar surface area (TPSA) is 57.2 Å². The molecule has 1 aliphatic carbocycles. The van der Waals surface area contributed by atoms with E-state index in [1.54, 1.807) is 7.11 Å². The van der Waals surface area contributed by atoms with E-state index in [0.717, 1.165) is 36.0 Å². The minimum atomic E-state index is -0.417. The second-order valence-corrected chi connectivity index (χ2v) is 9.43. The SMILES string of the molecule is CO[C@H]1CCC[C@@H](CO)[C@H](OCc2ccccc2)[C@@H](OCc2ccccc2)[C@@H]1OCc1ccccc1. The lowest BCUT2D eigenvalue weighted by molar-refractivity contribution is -0.204. The summed E-state index contributed by atoms with van der Waals surface area (Å²) in [6, 6.07) is 30.4. The van der Waals surface area contributed by atoms with Crippen molar-refractivity contribution in [2.75, 3.05) is 13.7 Å². The van der Waals surface area contributed by atoms with Crippen molar-refractivity contribution in [3.8, 4) is 0 Å². The number of aliphatic hydroxyl groups excluding tert-OH is 1. The van der Waals surface area contributed by atoms with Gasteiger partial charge in [-0.3, -0.25) is 0 Å². The molecule has 5 nitrogen and oxygen atoms in total. The summed E-state index contributed by atoms with van der Waals surface area (Å²) in [5, 5.41) is 10.4. The molecular formula is C31H38O5. The van der Waals surface area contributed by atoms with Crippen molar-refractivity contribution in [1.82, 2.24) is 0 Å². The molecule has 1 fully saturated rings. The highest BCUT2D eigenvalue weighted by Crippen LogP contribution is 2.32. The second-order valence-electron chi connectivity index (χ2n) is 9.43. The molecule has 0 radical (unpaired) electrons. The lowest BCUT2D eigenvalue weighted by Gasteiger charge is -2.42. The van der Waals surface area contributed by atoms with E-state index in [4.69, 9.17) is 18.9 Å². The monoisotopic (exact) mass is 490 g/mol. The van der Waals surface area contributed by atoms with Gasteiger partial charge in [0.2, 0.25) is 0 Å². The van der Waals surface area contributed by atoms with Gasteiger partial charge in [-0.25, -0.2) is 0 Å². The number of hydrogen-bond donors (Lipinski definition) is 1. The number of methoxy groups -OCH3 is 1. The van der Waals surface area contributed by atoms with Crippen LogP contribution in [0.15, 0.2) is 91.0 Å². The van der Waals surface area contributed by atoms with E-state index in [1.807, 2.05) is 54.6 Å². The van der Waals surface area contributed by atoms with Crippen LogP contribution in [0, 0.1) is 5.92 Å². The summed E-state index contributed by atoms with van der Waals surface area (Å²) in [5.74, 6) is -0.0601. The molecule has 4 rings (SSSR count). The Morgan fingerprint density at radius 3 is 1.50 bits per heavy atom. The van der Waals surface area contributed by atoms with Gasteiger partial charge < -0.3 is 24.1 Å². The van der Waals surface area contributed by atoms with Crippen LogP contribution in [0.25, 0.3) is 0 Å². The summed E-state index contributed by atoms with van der Waals surface area (Å²) in [7, 11) is 1.74. The highest BCUT2D eigenvalue weighted by molar-refractivity contribution is 5.15. The molecular weight excluding hydrogens is 452 g/mol. The third kappa shape index (κ3) is 7.48. The molecule has 0 amide bonds. The molecule has 0 heterocycles. The van der Waals surface area contributed by atoms with Gasteiger partial charge in [0, 0.05) is 19.6 Å². The van der Waals surface area contributed by atoms with Crippen LogP contribution in [0.3, 0.4) is 0 Å². The Labute approximate surface area is 215 Å². The van der Waals surface area contributed by atoms with Crippen molar-refractivity contribution in [3.05, 3.63) is 108 Å². The van der Waals surface area contributed by atoms with Gasteiger partial charge in [-0.2, -0.15) is 0 Å². The van der Waals surface area contributed by atoms with Crippen molar-refractivity contribution in [2.24, 2.45) is 5.92 Å². The third-order valence-electron chi connectivity index (χ3n) is 6.94. The molecule has 0 bridgehead atoms. The molecule has 3 aromatic carbocycles.